The van der Waals surface area contributed by atoms with E-state index >= 15 is 0 Å². The Bertz CT molecular complexity index is 1400. The summed E-state index contributed by atoms with van der Waals surface area (Å²) in [6.07, 6.45) is 0.691. The van der Waals surface area contributed by atoms with Crippen molar-refractivity contribution in [2.45, 2.75) is 13.0 Å². The molecule has 0 aliphatic carbocycles. The van der Waals surface area contributed by atoms with Crippen LogP contribution in [-0.2, 0) is 6.54 Å². The van der Waals surface area contributed by atoms with Gasteiger partial charge in [0.15, 0.2) is 0 Å². The van der Waals surface area contributed by atoms with Crippen LogP contribution in [0.2, 0.25) is 0 Å². The van der Waals surface area contributed by atoms with Crippen molar-refractivity contribution in [2.75, 3.05) is 6.61 Å². The van der Waals surface area contributed by atoms with E-state index in [-0.39, 0.29) is 0 Å². The molecule has 0 atom stereocenters. The number of carboxylic acid groups (broad SMARTS) is 1. The molecule has 5 aromatic rings. The zero-order valence-corrected chi connectivity index (χ0v) is 17.6. The summed E-state index contributed by atoms with van der Waals surface area (Å²) in [5, 5.41) is 13.3. The maximum atomic E-state index is 12.3. The molecule has 158 valence electrons. The summed E-state index contributed by atoms with van der Waals surface area (Å²) in [6.45, 7) is 1.06. The van der Waals surface area contributed by atoms with Crippen molar-refractivity contribution in [2.24, 2.45) is 0 Å². The van der Waals surface area contributed by atoms with Crippen molar-refractivity contribution in [1.29, 1.82) is 0 Å². The van der Waals surface area contributed by atoms with Gasteiger partial charge in [-0.05, 0) is 29.5 Å². The molecule has 0 amide bonds. The molecule has 4 nitrogen and oxygen atoms in total. The summed E-state index contributed by atoms with van der Waals surface area (Å²) in [6, 6.07) is 31.8. The minimum atomic E-state index is -0.921. The second-order valence-electron chi connectivity index (χ2n) is 7.74. The van der Waals surface area contributed by atoms with Crippen molar-refractivity contribution in [3.63, 3.8) is 0 Å². The van der Waals surface area contributed by atoms with Crippen LogP contribution in [-0.4, -0.2) is 22.2 Å². The molecule has 0 saturated heterocycles. The van der Waals surface area contributed by atoms with Gasteiger partial charge in [-0.25, -0.2) is 4.79 Å². The van der Waals surface area contributed by atoms with Crippen molar-refractivity contribution < 1.29 is 14.6 Å². The van der Waals surface area contributed by atoms with Gasteiger partial charge in [-0.15, -0.1) is 0 Å². The highest BCUT2D eigenvalue weighted by Gasteiger charge is 2.23. The Morgan fingerprint density at radius 2 is 1.47 bits per heavy atom. The largest absolute Gasteiger partial charge is 0.493 e. The number of benzene rings is 4. The number of aryl methyl sites for hydroxylation is 1. The molecule has 0 fully saturated rings. The first-order valence-electron chi connectivity index (χ1n) is 10.7. The molecule has 0 radical (unpaired) electrons. The normalized spacial score (nSPS) is 11.1. The lowest BCUT2D eigenvalue weighted by atomic mass is 10.0. The van der Waals surface area contributed by atoms with E-state index in [1.54, 1.807) is 0 Å². The van der Waals surface area contributed by atoms with Crippen LogP contribution >= 0.6 is 0 Å². The molecule has 4 aromatic carbocycles. The molecule has 0 bridgehead atoms. The first kappa shape index (κ1) is 19.9. The summed E-state index contributed by atoms with van der Waals surface area (Å²) in [5.41, 5.74) is 2.92. The van der Waals surface area contributed by atoms with E-state index in [4.69, 9.17) is 4.74 Å². The number of nitrogens with zero attached hydrogens (tertiary/aromatic N) is 1. The number of carboxylic acids is 1. The lowest BCUT2D eigenvalue weighted by molar-refractivity contribution is 0.0686. The lowest BCUT2D eigenvalue weighted by Gasteiger charge is -2.12. The number of rotatable bonds is 7. The number of hydrogen-bond donors (Lipinski definition) is 1. The molecule has 1 heterocycles. The first-order chi connectivity index (χ1) is 15.7. The van der Waals surface area contributed by atoms with Crippen LogP contribution < -0.4 is 4.74 Å². The highest BCUT2D eigenvalue weighted by molar-refractivity contribution is 6.08. The molecule has 1 aromatic heterocycles. The summed E-state index contributed by atoms with van der Waals surface area (Å²) in [5.74, 6) is -0.0704. The van der Waals surface area contributed by atoms with Crippen molar-refractivity contribution in [3.8, 4) is 16.9 Å². The maximum Gasteiger partial charge on any atom is 0.353 e. The lowest BCUT2D eigenvalue weighted by Crippen LogP contribution is -2.12. The Kier molecular flexibility index (Phi) is 5.34. The predicted molar refractivity (Wildman–Crippen MR) is 128 cm³/mol. The number of para-hydroxylation sites is 1. The molecule has 5 rings (SSSR count). The van der Waals surface area contributed by atoms with Crippen LogP contribution in [0.25, 0.3) is 32.8 Å². The van der Waals surface area contributed by atoms with E-state index in [1.165, 1.54) is 0 Å². The third kappa shape index (κ3) is 3.60. The zero-order chi connectivity index (χ0) is 21.9. The molecule has 0 saturated carbocycles. The smallest absolute Gasteiger partial charge is 0.353 e. The van der Waals surface area contributed by atoms with E-state index in [0.717, 1.165) is 38.6 Å². The van der Waals surface area contributed by atoms with Crippen molar-refractivity contribution in [1.82, 2.24) is 4.57 Å². The van der Waals surface area contributed by atoms with Gasteiger partial charge in [-0.2, -0.15) is 0 Å². The van der Waals surface area contributed by atoms with Crippen LogP contribution in [0.1, 0.15) is 16.9 Å². The molecule has 0 spiro atoms. The van der Waals surface area contributed by atoms with Crippen molar-refractivity contribution >= 4 is 27.6 Å². The maximum absolute atomic E-state index is 12.3. The Balaban J connectivity index is 1.44. The fraction of sp³-hybridized carbons (Fsp3) is 0.107. The number of ether oxygens (including phenoxy) is 1. The molecule has 4 heteroatoms. The van der Waals surface area contributed by atoms with Gasteiger partial charge < -0.3 is 14.4 Å². The molecular weight excluding hydrogens is 398 g/mol. The quantitative estimate of drug-likeness (QED) is 0.300. The van der Waals surface area contributed by atoms with E-state index in [9.17, 15) is 9.90 Å². The summed E-state index contributed by atoms with van der Waals surface area (Å²) in [4.78, 5) is 12.3. The van der Waals surface area contributed by atoms with Gasteiger partial charge in [0, 0.05) is 28.4 Å². The van der Waals surface area contributed by atoms with Crippen LogP contribution in [0.3, 0.4) is 0 Å². The van der Waals surface area contributed by atoms with Gasteiger partial charge in [0.2, 0.25) is 0 Å². The minimum absolute atomic E-state index is 0.322. The fourth-order valence-electron chi connectivity index (χ4n) is 4.38. The number of aromatic carboxylic acids is 1. The highest BCUT2D eigenvalue weighted by Crippen LogP contribution is 2.35. The fourth-order valence-corrected chi connectivity index (χ4v) is 4.38. The predicted octanol–water partition coefficient (Wildman–Crippen LogP) is 6.63. The Labute approximate surface area is 186 Å². The molecule has 32 heavy (non-hydrogen) atoms. The Morgan fingerprint density at radius 1 is 0.781 bits per heavy atom. The standard InChI is InChI=1S/C28H23NO3/c30-28(31)27-26(21-11-2-1-3-12-21)23-15-6-7-16-24(23)29(27)18-9-19-32-25-17-8-13-20-10-4-5-14-22(20)25/h1-8,10-17H,9,18-19H2,(H,30,31). The van der Waals surface area contributed by atoms with Gasteiger partial charge in [-0.3, -0.25) is 0 Å². The zero-order valence-electron chi connectivity index (χ0n) is 17.6. The average molecular weight is 421 g/mol. The van der Waals surface area contributed by atoms with Crippen LogP contribution in [0.15, 0.2) is 97.1 Å². The number of carbonyl (C=O) groups is 1. The number of aromatic nitrogens is 1. The Hall–Kier alpha value is -4.05. The topological polar surface area (TPSA) is 51.5 Å². The summed E-state index contributed by atoms with van der Waals surface area (Å²) >= 11 is 0. The Morgan fingerprint density at radius 3 is 2.28 bits per heavy atom. The molecule has 0 aliphatic rings. The second kappa shape index (κ2) is 8.60. The highest BCUT2D eigenvalue weighted by atomic mass is 16.5. The first-order valence-corrected chi connectivity index (χ1v) is 10.7. The third-order valence-electron chi connectivity index (χ3n) is 5.77. The van der Waals surface area contributed by atoms with Gasteiger partial charge >= 0.3 is 5.97 Å². The molecule has 0 unspecified atom stereocenters. The van der Waals surface area contributed by atoms with E-state index in [2.05, 4.69) is 18.2 Å². The number of fused-ring (bicyclic) bond motifs is 2. The molecule has 0 aliphatic heterocycles. The SMILES string of the molecule is O=C(O)c1c(-c2ccccc2)c2ccccc2n1CCCOc1cccc2ccccc12. The minimum Gasteiger partial charge on any atom is -0.493 e. The molecule has 1 N–H and O–H groups in total. The van der Waals surface area contributed by atoms with Crippen LogP contribution in [0.5, 0.6) is 5.75 Å². The third-order valence-corrected chi connectivity index (χ3v) is 5.77. The monoisotopic (exact) mass is 421 g/mol. The van der Waals surface area contributed by atoms with Gasteiger partial charge in [0.25, 0.3) is 0 Å². The van der Waals surface area contributed by atoms with Crippen LogP contribution in [0.4, 0.5) is 0 Å². The summed E-state index contributed by atoms with van der Waals surface area (Å²) in [7, 11) is 0. The number of hydrogen-bond acceptors (Lipinski definition) is 2. The van der Waals surface area contributed by atoms with Gasteiger partial charge in [0.05, 0.1) is 6.61 Å². The van der Waals surface area contributed by atoms with E-state index < -0.39 is 5.97 Å². The second-order valence-corrected chi connectivity index (χ2v) is 7.74. The van der Waals surface area contributed by atoms with Gasteiger partial charge in [-0.1, -0.05) is 84.9 Å². The molecular formula is C28H23NO3. The summed E-state index contributed by atoms with van der Waals surface area (Å²) < 4.78 is 7.99. The van der Waals surface area contributed by atoms with E-state index in [1.807, 2.05) is 83.4 Å². The van der Waals surface area contributed by atoms with E-state index in [0.29, 0.717) is 25.3 Å². The van der Waals surface area contributed by atoms with Crippen LogP contribution in [0, 0.1) is 0 Å². The average Bonchev–Trinajstić information content (AvgIpc) is 3.17. The van der Waals surface area contributed by atoms with Crippen molar-refractivity contribution in [3.05, 3.63) is 103 Å². The van der Waals surface area contributed by atoms with Gasteiger partial charge in [0.1, 0.15) is 11.4 Å².